The van der Waals surface area contributed by atoms with Crippen LogP contribution in [-0.2, 0) is 7.05 Å². The van der Waals surface area contributed by atoms with E-state index in [1.807, 2.05) is 32.9 Å². The Balaban J connectivity index is 0.00000149. The van der Waals surface area contributed by atoms with Gasteiger partial charge in [-0.25, -0.2) is 4.39 Å². The smallest absolute Gasteiger partial charge is 0.255 e. The lowest BCUT2D eigenvalue weighted by atomic mass is 10.1. The molecule has 176 valence electrons. The van der Waals surface area contributed by atoms with Gasteiger partial charge < -0.3 is 19.9 Å². The molecule has 0 spiro atoms. The van der Waals surface area contributed by atoms with E-state index in [2.05, 4.69) is 10.0 Å². The number of hydrogen-bond donors (Lipinski definition) is 3. The number of ether oxygens (including phenoxy) is 1. The molecule has 0 bridgehead atoms. The van der Waals surface area contributed by atoms with Gasteiger partial charge in [0.1, 0.15) is 23.1 Å². The Morgan fingerprint density at radius 1 is 1.18 bits per heavy atom. The lowest BCUT2D eigenvalue weighted by molar-refractivity contribution is 0.415. The van der Waals surface area contributed by atoms with Gasteiger partial charge in [-0.15, -0.1) is 0 Å². The van der Waals surface area contributed by atoms with Crippen molar-refractivity contribution in [1.29, 1.82) is 0 Å². The van der Waals surface area contributed by atoms with Gasteiger partial charge in [-0.3, -0.25) is 9.36 Å². The molecule has 4 rings (SSSR count). The normalized spacial score (nSPS) is 16.4. The van der Waals surface area contributed by atoms with Gasteiger partial charge in [0.15, 0.2) is 5.75 Å². The average molecular weight is 472 g/mol. The molecule has 1 aromatic heterocycles. The first kappa shape index (κ1) is 24.5. The van der Waals surface area contributed by atoms with Crippen LogP contribution in [0.5, 0.6) is 11.5 Å². The molecule has 33 heavy (non-hydrogen) atoms. The quantitative estimate of drug-likeness (QED) is 0.371. The largest absolute Gasteiger partial charge is 0.508 e. The lowest BCUT2D eigenvalue weighted by Crippen LogP contribution is -2.20. The van der Waals surface area contributed by atoms with Gasteiger partial charge in [0, 0.05) is 18.4 Å². The second kappa shape index (κ2) is 10.7. The van der Waals surface area contributed by atoms with Gasteiger partial charge in [0.25, 0.3) is 5.56 Å². The van der Waals surface area contributed by atoms with Gasteiger partial charge >= 0.3 is 0 Å². The molecule has 8 heteroatoms. The van der Waals surface area contributed by atoms with Crippen LogP contribution in [0.15, 0.2) is 53.3 Å². The van der Waals surface area contributed by atoms with E-state index in [-0.39, 0.29) is 17.0 Å². The van der Waals surface area contributed by atoms with Gasteiger partial charge in [-0.2, -0.15) is 0 Å². The third-order valence-corrected chi connectivity index (χ3v) is 6.49. The van der Waals surface area contributed by atoms with Crippen molar-refractivity contribution >= 4 is 29.1 Å². The standard InChI is InChI=1S/C23H24FN3O3S.C2H6/c1-13-7-8-18(17(24)9-13)25-23-22(19(30-3)12-21(29)27(23)2)26-31-20-11-16(20)14-5-4-6-15(28)10-14;1-2/h4-10,12,16,20,25-26,28H,11H2,1-3H3;1-2H3. The Hall–Kier alpha value is -3.13. The molecule has 2 unspecified atom stereocenters. The first-order valence-corrected chi connectivity index (χ1v) is 11.8. The van der Waals surface area contributed by atoms with E-state index in [4.69, 9.17) is 4.74 Å². The van der Waals surface area contributed by atoms with Gasteiger partial charge in [0.2, 0.25) is 0 Å². The summed E-state index contributed by atoms with van der Waals surface area (Å²) < 4.78 is 24.6. The Bertz CT molecular complexity index is 1180. The number of anilines is 3. The zero-order valence-electron chi connectivity index (χ0n) is 19.5. The van der Waals surface area contributed by atoms with Gasteiger partial charge in [-0.1, -0.05) is 32.0 Å². The van der Waals surface area contributed by atoms with E-state index >= 15 is 0 Å². The molecular formula is C25H30FN3O3S. The molecule has 3 N–H and O–H groups in total. The number of phenolic OH excluding ortho intramolecular Hbond substituents is 1. The molecular weight excluding hydrogens is 441 g/mol. The van der Waals surface area contributed by atoms with Crippen molar-refractivity contribution in [3.05, 3.63) is 75.8 Å². The van der Waals surface area contributed by atoms with Crippen LogP contribution in [0.4, 0.5) is 21.6 Å². The topological polar surface area (TPSA) is 75.5 Å². The van der Waals surface area contributed by atoms with E-state index in [0.717, 1.165) is 17.5 Å². The number of rotatable bonds is 7. The van der Waals surface area contributed by atoms with Crippen LogP contribution < -0.4 is 20.3 Å². The third-order valence-electron chi connectivity index (χ3n) is 5.34. The highest BCUT2D eigenvalue weighted by molar-refractivity contribution is 8.01. The summed E-state index contributed by atoms with van der Waals surface area (Å²) in [6.07, 6.45) is 0.963. The molecule has 1 heterocycles. The van der Waals surface area contributed by atoms with Gasteiger partial charge in [-0.05, 0) is 66.6 Å². The fourth-order valence-corrected chi connectivity index (χ4v) is 4.56. The van der Waals surface area contributed by atoms with Crippen molar-refractivity contribution in [2.75, 3.05) is 17.1 Å². The summed E-state index contributed by atoms with van der Waals surface area (Å²) in [6, 6.07) is 13.6. The Morgan fingerprint density at radius 2 is 1.94 bits per heavy atom. The maximum atomic E-state index is 14.5. The van der Waals surface area contributed by atoms with E-state index in [1.165, 1.54) is 35.8 Å². The zero-order chi connectivity index (χ0) is 24.1. The lowest BCUT2D eigenvalue weighted by Gasteiger charge is -2.19. The predicted molar refractivity (Wildman–Crippen MR) is 134 cm³/mol. The van der Waals surface area contributed by atoms with E-state index in [1.54, 1.807) is 31.3 Å². The average Bonchev–Trinajstić information content (AvgIpc) is 3.58. The number of halogens is 1. The van der Waals surface area contributed by atoms with Crippen LogP contribution in [0.1, 0.15) is 37.3 Å². The number of aryl methyl sites for hydroxylation is 1. The first-order chi connectivity index (χ1) is 15.9. The number of nitrogens with one attached hydrogen (secondary N) is 2. The van der Waals surface area contributed by atoms with Crippen molar-refractivity contribution in [2.24, 2.45) is 7.05 Å². The number of aromatic nitrogens is 1. The third kappa shape index (κ3) is 5.63. The molecule has 3 aromatic rings. The van der Waals surface area contributed by atoms with Crippen molar-refractivity contribution in [3.63, 3.8) is 0 Å². The fourth-order valence-electron chi connectivity index (χ4n) is 3.47. The summed E-state index contributed by atoms with van der Waals surface area (Å²) in [5, 5.41) is 13.1. The Kier molecular flexibility index (Phi) is 7.92. The molecule has 1 saturated carbocycles. The van der Waals surface area contributed by atoms with Crippen LogP contribution in [0.2, 0.25) is 0 Å². The number of benzene rings is 2. The molecule has 0 aliphatic heterocycles. The summed E-state index contributed by atoms with van der Waals surface area (Å²) in [7, 11) is 3.12. The molecule has 1 fully saturated rings. The molecule has 0 radical (unpaired) electrons. The predicted octanol–water partition coefficient (Wildman–Crippen LogP) is 5.93. The van der Waals surface area contributed by atoms with Crippen LogP contribution in [0.25, 0.3) is 0 Å². The number of phenols is 1. The van der Waals surface area contributed by atoms with Crippen LogP contribution in [-0.4, -0.2) is 22.0 Å². The fraction of sp³-hybridized carbons (Fsp3) is 0.320. The SMILES string of the molecule is CC.COc1cc(=O)n(C)c(Nc2ccc(C)cc2F)c1NSC1CC1c1cccc(O)c1. The molecule has 2 aromatic carbocycles. The summed E-state index contributed by atoms with van der Waals surface area (Å²) in [4.78, 5) is 12.4. The molecule has 1 aliphatic rings. The molecule has 6 nitrogen and oxygen atoms in total. The number of aromatic hydroxyl groups is 1. The highest BCUT2D eigenvalue weighted by Crippen LogP contribution is 2.50. The maximum Gasteiger partial charge on any atom is 0.255 e. The minimum atomic E-state index is -0.403. The second-order valence-corrected chi connectivity index (χ2v) is 8.68. The van der Waals surface area contributed by atoms with Crippen LogP contribution in [0, 0.1) is 12.7 Å². The summed E-state index contributed by atoms with van der Waals surface area (Å²) >= 11 is 1.52. The number of nitrogens with zero attached hydrogens (tertiary/aromatic N) is 1. The second-order valence-electron chi connectivity index (χ2n) is 7.64. The Labute approximate surface area is 197 Å². The van der Waals surface area contributed by atoms with E-state index in [9.17, 15) is 14.3 Å². The molecule has 2 atom stereocenters. The van der Waals surface area contributed by atoms with Crippen molar-refractivity contribution in [1.82, 2.24) is 4.57 Å². The molecule has 0 amide bonds. The monoisotopic (exact) mass is 471 g/mol. The molecule has 0 saturated heterocycles. The van der Waals surface area contributed by atoms with Crippen LogP contribution in [0.3, 0.4) is 0 Å². The summed E-state index contributed by atoms with van der Waals surface area (Å²) in [6.45, 7) is 5.82. The van der Waals surface area contributed by atoms with E-state index < -0.39 is 5.82 Å². The minimum Gasteiger partial charge on any atom is -0.508 e. The number of pyridine rings is 1. The molecule has 1 aliphatic carbocycles. The zero-order valence-corrected chi connectivity index (χ0v) is 20.3. The first-order valence-electron chi connectivity index (χ1n) is 10.9. The summed E-state index contributed by atoms with van der Waals surface area (Å²) in [5.41, 5.74) is 2.46. The van der Waals surface area contributed by atoms with Crippen molar-refractivity contribution in [3.8, 4) is 11.5 Å². The number of methoxy groups -OCH3 is 1. The van der Waals surface area contributed by atoms with Crippen molar-refractivity contribution in [2.45, 2.75) is 38.4 Å². The maximum absolute atomic E-state index is 14.5. The summed E-state index contributed by atoms with van der Waals surface area (Å²) in [5.74, 6) is 0.968. The Morgan fingerprint density at radius 3 is 2.61 bits per heavy atom. The highest BCUT2D eigenvalue weighted by Gasteiger charge is 2.39. The van der Waals surface area contributed by atoms with Crippen LogP contribution >= 0.6 is 11.9 Å². The number of hydrogen-bond acceptors (Lipinski definition) is 6. The van der Waals surface area contributed by atoms with Gasteiger partial charge in [0.05, 0.1) is 12.8 Å². The highest BCUT2D eigenvalue weighted by atomic mass is 32.2. The minimum absolute atomic E-state index is 0.257. The van der Waals surface area contributed by atoms with E-state index in [0.29, 0.717) is 28.4 Å². The van der Waals surface area contributed by atoms with Crippen molar-refractivity contribution < 1.29 is 14.2 Å².